The van der Waals surface area contributed by atoms with Crippen LogP contribution in [0.25, 0.3) is 11.2 Å². The molecule has 0 spiro atoms. The van der Waals surface area contributed by atoms with E-state index in [-0.39, 0.29) is 11.9 Å². The second-order valence-corrected chi connectivity index (χ2v) is 4.58. The van der Waals surface area contributed by atoms with Crippen molar-refractivity contribution in [2.75, 3.05) is 12.3 Å². The minimum Gasteiger partial charge on any atom is -0.369 e. The van der Waals surface area contributed by atoms with Crippen LogP contribution >= 0.6 is 0 Å². The molecule has 1 saturated heterocycles. The van der Waals surface area contributed by atoms with Crippen LogP contribution in [0, 0.1) is 6.92 Å². The molecule has 0 bridgehead atoms. The molecule has 3 N–H and O–H groups in total. The van der Waals surface area contributed by atoms with Crippen LogP contribution in [0.5, 0.6) is 0 Å². The lowest BCUT2D eigenvalue weighted by molar-refractivity contribution is -0.119. The highest BCUT2D eigenvalue weighted by Crippen LogP contribution is 2.28. The number of aromatic nitrogens is 4. The van der Waals surface area contributed by atoms with Gasteiger partial charge in [0, 0.05) is 19.5 Å². The van der Waals surface area contributed by atoms with Crippen molar-refractivity contribution in [3.05, 3.63) is 5.69 Å². The summed E-state index contributed by atoms with van der Waals surface area (Å²) in [7, 11) is 0. The maximum absolute atomic E-state index is 11.3. The van der Waals surface area contributed by atoms with Crippen LogP contribution in [0.1, 0.15) is 25.1 Å². The largest absolute Gasteiger partial charge is 0.369 e. The molecule has 0 aliphatic carbocycles. The van der Waals surface area contributed by atoms with Crippen molar-refractivity contribution >= 4 is 23.0 Å². The van der Waals surface area contributed by atoms with Crippen LogP contribution in [-0.2, 0) is 11.3 Å². The SMILES string of the molecule is CCn1nc(C)c2nc(N)n(C3CNC(=O)C3)c21. The lowest BCUT2D eigenvalue weighted by Gasteiger charge is -2.13. The summed E-state index contributed by atoms with van der Waals surface area (Å²) in [6.45, 7) is 5.30. The molecule has 96 valence electrons. The van der Waals surface area contributed by atoms with E-state index in [0.717, 1.165) is 23.4 Å². The zero-order valence-electron chi connectivity index (χ0n) is 10.5. The molecule has 18 heavy (non-hydrogen) atoms. The number of anilines is 1. The Labute approximate surface area is 104 Å². The predicted molar refractivity (Wildman–Crippen MR) is 67.0 cm³/mol. The number of fused-ring (bicyclic) bond motifs is 1. The topological polar surface area (TPSA) is 90.8 Å². The predicted octanol–water partition coefficient (Wildman–Crippen LogP) is 0.204. The fourth-order valence-corrected chi connectivity index (χ4v) is 2.56. The first kappa shape index (κ1) is 11.1. The normalized spacial score (nSPS) is 19.7. The number of imidazole rings is 1. The van der Waals surface area contributed by atoms with Crippen molar-refractivity contribution in [2.45, 2.75) is 32.9 Å². The maximum atomic E-state index is 11.3. The average Bonchev–Trinajstić information content (AvgIpc) is 2.96. The van der Waals surface area contributed by atoms with Gasteiger partial charge in [0.25, 0.3) is 0 Å². The van der Waals surface area contributed by atoms with Crippen molar-refractivity contribution < 1.29 is 4.79 Å². The number of nitrogens with zero attached hydrogens (tertiary/aromatic N) is 4. The average molecular weight is 248 g/mol. The van der Waals surface area contributed by atoms with Gasteiger partial charge in [-0.2, -0.15) is 5.10 Å². The second kappa shape index (κ2) is 3.72. The Morgan fingerprint density at radius 3 is 2.94 bits per heavy atom. The zero-order chi connectivity index (χ0) is 12.9. The summed E-state index contributed by atoms with van der Waals surface area (Å²) in [5.41, 5.74) is 8.60. The van der Waals surface area contributed by atoms with Crippen LogP contribution in [0.3, 0.4) is 0 Å². The molecular weight excluding hydrogens is 232 g/mol. The standard InChI is InChI=1S/C11H16N6O/c1-3-16-10-9(6(2)15-16)14-11(12)17(10)7-4-8(18)13-5-7/h7H,3-5H2,1-2H3,(H2,12,14)(H,13,18). The molecule has 3 heterocycles. The molecule has 2 aromatic heterocycles. The third-order valence-corrected chi connectivity index (χ3v) is 3.39. The summed E-state index contributed by atoms with van der Waals surface area (Å²) in [6, 6.07) is 0.0314. The van der Waals surface area contributed by atoms with Gasteiger partial charge in [-0.15, -0.1) is 0 Å². The molecule has 1 atom stereocenters. The Hall–Kier alpha value is -2.05. The lowest BCUT2D eigenvalue weighted by atomic mass is 10.2. The molecule has 2 aromatic rings. The highest BCUT2D eigenvalue weighted by Gasteiger charge is 2.28. The minimum atomic E-state index is 0.0314. The van der Waals surface area contributed by atoms with Crippen LogP contribution in [0.2, 0.25) is 0 Å². The van der Waals surface area contributed by atoms with E-state index in [2.05, 4.69) is 15.4 Å². The van der Waals surface area contributed by atoms with Gasteiger partial charge in [0.05, 0.1) is 11.7 Å². The fourth-order valence-electron chi connectivity index (χ4n) is 2.56. The number of rotatable bonds is 2. The summed E-state index contributed by atoms with van der Waals surface area (Å²) in [6.07, 6.45) is 0.448. The summed E-state index contributed by atoms with van der Waals surface area (Å²) >= 11 is 0. The number of aryl methyl sites for hydroxylation is 2. The van der Waals surface area contributed by atoms with Gasteiger partial charge in [-0.25, -0.2) is 9.67 Å². The molecule has 1 amide bonds. The van der Waals surface area contributed by atoms with Gasteiger partial charge in [-0.05, 0) is 13.8 Å². The summed E-state index contributed by atoms with van der Waals surface area (Å²) in [5.74, 6) is 0.509. The van der Waals surface area contributed by atoms with E-state index >= 15 is 0 Å². The zero-order valence-corrected chi connectivity index (χ0v) is 10.5. The maximum Gasteiger partial charge on any atom is 0.222 e. The van der Waals surface area contributed by atoms with E-state index in [9.17, 15) is 4.79 Å². The van der Waals surface area contributed by atoms with Crippen molar-refractivity contribution in [1.82, 2.24) is 24.6 Å². The number of carbonyl (C=O) groups is 1. The van der Waals surface area contributed by atoms with Crippen LogP contribution in [0.15, 0.2) is 0 Å². The number of hydrogen-bond acceptors (Lipinski definition) is 4. The molecule has 0 saturated carbocycles. The molecule has 1 unspecified atom stereocenters. The molecule has 0 aromatic carbocycles. The quantitative estimate of drug-likeness (QED) is 0.794. The van der Waals surface area contributed by atoms with Crippen molar-refractivity contribution in [1.29, 1.82) is 0 Å². The van der Waals surface area contributed by atoms with Crippen LogP contribution in [0.4, 0.5) is 5.95 Å². The van der Waals surface area contributed by atoms with E-state index < -0.39 is 0 Å². The summed E-state index contributed by atoms with van der Waals surface area (Å²) < 4.78 is 3.81. The van der Waals surface area contributed by atoms with Gasteiger partial charge in [0.2, 0.25) is 11.9 Å². The van der Waals surface area contributed by atoms with Crippen LogP contribution in [-0.4, -0.2) is 31.8 Å². The van der Waals surface area contributed by atoms with Gasteiger partial charge in [-0.3, -0.25) is 9.36 Å². The third kappa shape index (κ3) is 1.40. The van der Waals surface area contributed by atoms with Crippen molar-refractivity contribution in [3.8, 4) is 0 Å². The molecular formula is C11H16N6O. The molecule has 7 nitrogen and oxygen atoms in total. The first-order valence-electron chi connectivity index (χ1n) is 6.09. The van der Waals surface area contributed by atoms with Gasteiger partial charge in [0.15, 0.2) is 5.65 Å². The third-order valence-electron chi connectivity index (χ3n) is 3.39. The molecule has 1 fully saturated rings. The number of nitrogens with two attached hydrogens (primary N) is 1. The Morgan fingerprint density at radius 1 is 1.56 bits per heavy atom. The monoisotopic (exact) mass is 248 g/mol. The molecule has 1 aliphatic rings. The highest BCUT2D eigenvalue weighted by molar-refractivity contribution is 5.81. The van der Waals surface area contributed by atoms with Crippen molar-refractivity contribution in [3.63, 3.8) is 0 Å². The van der Waals surface area contributed by atoms with E-state index in [0.29, 0.717) is 18.9 Å². The van der Waals surface area contributed by atoms with E-state index in [1.165, 1.54) is 0 Å². The summed E-state index contributed by atoms with van der Waals surface area (Å²) in [4.78, 5) is 15.7. The number of hydrogen-bond donors (Lipinski definition) is 2. The molecule has 1 aliphatic heterocycles. The second-order valence-electron chi connectivity index (χ2n) is 4.58. The number of carbonyl (C=O) groups excluding carboxylic acids is 1. The molecule has 7 heteroatoms. The smallest absolute Gasteiger partial charge is 0.222 e. The lowest BCUT2D eigenvalue weighted by Crippen LogP contribution is -2.17. The Kier molecular flexibility index (Phi) is 2.29. The first-order valence-corrected chi connectivity index (χ1v) is 6.09. The Balaban J connectivity index is 2.21. The fraction of sp³-hybridized carbons (Fsp3) is 0.545. The molecule has 0 radical (unpaired) electrons. The van der Waals surface area contributed by atoms with Crippen molar-refractivity contribution in [2.24, 2.45) is 0 Å². The van der Waals surface area contributed by atoms with E-state index in [1.54, 1.807) is 0 Å². The van der Waals surface area contributed by atoms with E-state index in [4.69, 9.17) is 5.73 Å². The highest BCUT2D eigenvalue weighted by atomic mass is 16.1. The first-order chi connectivity index (χ1) is 8.61. The van der Waals surface area contributed by atoms with Gasteiger partial charge in [-0.1, -0.05) is 0 Å². The van der Waals surface area contributed by atoms with Gasteiger partial charge >= 0.3 is 0 Å². The number of nitrogen functional groups attached to an aromatic ring is 1. The van der Waals surface area contributed by atoms with Gasteiger partial charge in [0.1, 0.15) is 5.52 Å². The Morgan fingerprint density at radius 2 is 2.33 bits per heavy atom. The molecule has 3 rings (SSSR count). The van der Waals surface area contributed by atoms with Gasteiger partial charge < -0.3 is 11.1 Å². The van der Waals surface area contributed by atoms with E-state index in [1.807, 2.05) is 23.1 Å². The number of nitrogens with one attached hydrogen (secondary N) is 1. The van der Waals surface area contributed by atoms with Crippen LogP contribution < -0.4 is 11.1 Å². The summed E-state index contributed by atoms with van der Waals surface area (Å²) in [5, 5.41) is 7.25. The number of amides is 1. The Bertz CT molecular complexity index is 625. The minimum absolute atomic E-state index is 0.0314.